The van der Waals surface area contributed by atoms with E-state index in [2.05, 4.69) is 51.2 Å². The molecule has 9 heteroatoms. The molecule has 0 aromatic carbocycles. The van der Waals surface area contributed by atoms with Gasteiger partial charge in [0.1, 0.15) is 18.8 Å². The Morgan fingerprint density at radius 1 is 0.812 bits per heavy atom. The molecule has 5 aliphatic rings. The van der Waals surface area contributed by atoms with E-state index in [4.69, 9.17) is 14.2 Å². The lowest BCUT2D eigenvalue weighted by Crippen LogP contribution is -2.67. The van der Waals surface area contributed by atoms with E-state index >= 15 is 0 Å². The molecule has 0 aliphatic heterocycles. The van der Waals surface area contributed by atoms with Gasteiger partial charge in [0.15, 0.2) is 0 Å². The van der Waals surface area contributed by atoms with E-state index in [0.717, 1.165) is 44.9 Å². The highest BCUT2D eigenvalue weighted by Gasteiger charge is 2.71. The molecule has 5 fully saturated rings. The zero-order valence-electron chi connectivity index (χ0n) is 30.0. The fourth-order valence-electron chi connectivity index (χ4n) is 13.1. The van der Waals surface area contributed by atoms with Gasteiger partial charge in [-0.05, 0) is 116 Å². The van der Waals surface area contributed by atoms with Gasteiger partial charge in [0.25, 0.3) is 0 Å². The minimum Gasteiger partial charge on any atom is -0.448 e. The van der Waals surface area contributed by atoms with Gasteiger partial charge < -0.3 is 14.2 Å². The molecule has 48 heavy (non-hydrogen) atoms. The molecule has 0 radical (unpaired) electrons. The van der Waals surface area contributed by atoms with Gasteiger partial charge in [-0.3, -0.25) is 0 Å². The summed E-state index contributed by atoms with van der Waals surface area (Å²) < 4.78 is 20.9. The van der Waals surface area contributed by atoms with Crippen LogP contribution < -0.4 is 0 Å². The number of fused-ring (bicyclic) bond motifs is 7. The van der Waals surface area contributed by atoms with Crippen molar-refractivity contribution in [1.29, 1.82) is 0 Å². The average Bonchev–Trinajstić information content (AvgIpc) is 3.84. The monoisotopic (exact) mass is 660 g/mol. The number of nitrogens with zero attached hydrogens (tertiary/aromatic N) is 4. The first-order chi connectivity index (χ1) is 22.8. The third-order valence-corrected chi connectivity index (χ3v) is 15.6. The number of rotatable bonds is 6. The van der Waals surface area contributed by atoms with Crippen LogP contribution in [-0.2, 0) is 14.2 Å². The van der Waals surface area contributed by atoms with Gasteiger partial charge in [-0.15, -0.1) is 0 Å². The second-order valence-electron chi connectivity index (χ2n) is 17.5. The van der Waals surface area contributed by atoms with Crippen LogP contribution >= 0.6 is 0 Å². The van der Waals surface area contributed by atoms with Crippen molar-refractivity contribution >= 4 is 12.2 Å². The SMILES string of the molecule is C=C(COC)[C@@H]1CC[C@]2(COC(=O)n3ccnc3)CC[C@]3(C)C(CCC4[C@@]5(C)CC[C@H](OC(=O)n6ccnc6)C(C)(C)C5CC[C@]43C)C12. The maximum Gasteiger partial charge on any atom is 0.419 e. The number of carbonyl (C=O) groups is 2. The second kappa shape index (κ2) is 11.8. The molecule has 2 aromatic rings. The summed E-state index contributed by atoms with van der Waals surface area (Å²) in [5, 5.41) is 0. The Morgan fingerprint density at radius 2 is 1.52 bits per heavy atom. The minimum absolute atomic E-state index is 0.0504. The molecule has 4 unspecified atom stereocenters. The van der Waals surface area contributed by atoms with Gasteiger partial charge in [-0.1, -0.05) is 41.2 Å². The Bertz CT molecular complexity index is 1520. The molecule has 0 N–H and O–H groups in total. The number of aromatic nitrogens is 4. The molecular weight excluding hydrogens is 604 g/mol. The summed E-state index contributed by atoms with van der Waals surface area (Å²) in [4.78, 5) is 34.1. The normalized spacial score (nSPS) is 41.3. The highest BCUT2D eigenvalue weighted by molar-refractivity contribution is 5.70. The summed E-state index contributed by atoms with van der Waals surface area (Å²) in [6.45, 7) is 18.2. The first-order valence-corrected chi connectivity index (χ1v) is 18.3. The van der Waals surface area contributed by atoms with Crippen molar-refractivity contribution in [1.82, 2.24) is 19.1 Å². The van der Waals surface area contributed by atoms with E-state index in [9.17, 15) is 9.59 Å². The van der Waals surface area contributed by atoms with Crippen LogP contribution in [0.3, 0.4) is 0 Å². The first-order valence-electron chi connectivity index (χ1n) is 18.3. The molecule has 5 saturated carbocycles. The Labute approximate surface area is 286 Å². The van der Waals surface area contributed by atoms with Gasteiger partial charge in [-0.2, -0.15) is 0 Å². The zero-order valence-corrected chi connectivity index (χ0v) is 30.0. The molecular formula is C39H56N4O5. The van der Waals surface area contributed by atoms with Crippen molar-refractivity contribution in [2.75, 3.05) is 20.3 Å². The highest BCUT2D eigenvalue weighted by Crippen LogP contribution is 2.77. The van der Waals surface area contributed by atoms with Crippen molar-refractivity contribution in [3.05, 3.63) is 49.6 Å². The lowest BCUT2D eigenvalue weighted by atomic mass is 9.32. The van der Waals surface area contributed by atoms with Crippen LogP contribution in [0.15, 0.2) is 49.6 Å². The Kier molecular flexibility index (Phi) is 8.28. The topological polar surface area (TPSA) is 97.5 Å². The maximum atomic E-state index is 13.0. The van der Waals surface area contributed by atoms with Crippen LogP contribution in [0.2, 0.25) is 0 Å². The molecule has 262 valence electrons. The van der Waals surface area contributed by atoms with Crippen LogP contribution in [0.1, 0.15) is 98.8 Å². The van der Waals surface area contributed by atoms with Crippen molar-refractivity contribution in [2.24, 2.45) is 56.7 Å². The molecule has 2 heterocycles. The van der Waals surface area contributed by atoms with Crippen molar-refractivity contribution < 1.29 is 23.8 Å². The van der Waals surface area contributed by atoms with Crippen LogP contribution in [0.25, 0.3) is 0 Å². The average molecular weight is 661 g/mol. The standard InChI is InChI=1S/C39H56N4O5/c1-26(22-46-7)27-10-15-39(23-47-33(44)42-20-18-40-24-42)17-16-37(5)28(32(27)39)8-9-30-36(4)13-12-31(48-34(45)43-21-19-41-25-43)35(2,3)29(36)11-14-38(30,37)6/h18-21,24-25,27-32H,1,8-17,22-23H2,2-7H3/t27-,28?,29?,30?,31-,32?,36-,37+,38+,39+/m0/s1. The summed E-state index contributed by atoms with van der Waals surface area (Å²) in [7, 11) is 1.77. The predicted molar refractivity (Wildman–Crippen MR) is 182 cm³/mol. The molecule has 0 saturated heterocycles. The van der Waals surface area contributed by atoms with Crippen LogP contribution in [0.5, 0.6) is 0 Å². The summed E-state index contributed by atoms with van der Waals surface area (Å²) in [6, 6.07) is 0. The second-order valence-corrected chi connectivity index (χ2v) is 17.5. The molecule has 0 bridgehead atoms. The van der Waals surface area contributed by atoms with Crippen molar-refractivity contribution in [3.63, 3.8) is 0 Å². The third kappa shape index (κ3) is 4.87. The van der Waals surface area contributed by atoms with Crippen LogP contribution in [0, 0.1) is 56.7 Å². The number of methoxy groups -OCH3 is 1. The fourth-order valence-corrected chi connectivity index (χ4v) is 13.1. The Hall–Kier alpha value is -2.94. The van der Waals surface area contributed by atoms with Crippen molar-refractivity contribution in [3.8, 4) is 0 Å². The third-order valence-electron chi connectivity index (χ3n) is 15.6. The smallest absolute Gasteiger partial charge is 0.419 e. The van der Waals surface area contributed by atoms with Gasteiger partial charge in [-0.25, -0.2) is 28.7 Å². The van der Waals surface area contributed by atoms with Gasteiger partial charge in [0.05, 0.1) is 13.2 Å². The first kappa shape index (κ1) is 33.6. The Balaban J connectivity index is 1.16. The number of carbonyl (C=O) groups excluding carboxylic acids is 2. The molecule has 9 nitrogen and oxygen atoms in total. The lowest BCUT2D eigenvalue weighted by molar-refractivity contribution is -0.249. The van der Waals surface area contributed by atoms with Crippen LogP contribution in [0.4, 0.5) is 9.59 Å². The molecule has 2 aromatic heterocycles. The zero-order chi connectivity index (χ0) is 34.1. The summed E-state index contributed by atoms with van der Waals surface area (Å²) in [5.74, 6) is 2.38. The van der Waals surface area contributed by atoms with E-state index in [0.29, 0.717) is 42.8 Å². The molecule has 7 rings (SSSR count). The van der Waals surface area contributed by atoms with Gasteiger partial charge >= 0.3 is 12.2 Å². The highest BCUT2D eigenvalue weighted by atomic mass is 16.6. The van der Waals surface area contributed by atoms with Gasteiger partial charge in [0.2, 0.25) is 0 Å². The van der Waals surface area contributed by atoms with Crippen molar-refractivity contribution in [2.45, 2.75) is 105 Å². The minimum atomic E-state index is -0.344. The fraction of sp³-hybridized carbons (Fsp3) is 0.744. The summed E-state index contributed by atoms with van der Waals surface area (Å²) in [6.07, 6.45) is 19.9. The lowest BCUT2D eigenvalue weighted by Gasteiger charge is -2.73. The van der Waals surface area contributed by atoms with E-state index in [-0.39, 0.29) is 45.4 Å². The number of hydrogen-bond donors (Lipinski definition) is 0. The molecule has 0 amide bonds. The molecule has 0 spiro atoms. The summed E-state index contributed by atoms with van der Waals surface area (Å²) in [5.41, 5.74) is 1.54. The molecule has 10 atom stereocenters. The number of imidazole rings is 2. The quantitative estimate of drug-likeness (QED) is 0.287. The summed E-state index contributed by atoms with van der Waals surface area (Å²) >= 11 is 0. The number of ether oxygens (including phenoxy) is 3. The maximum absolute atomic E-state index is 13.0. The van der Waals surface area contributed by atoms with E-state index in [1.165, 1.54) is 46.6 Å². The Morgan fingerprint density at radius 3 is 2.19 bits per heavy atom. The van der Waals surface area contributed by atoms with E-state index < -0.39 is 0 Å². The van der Waals surface area contributed by atoms with E-state index in [1.54, 1.807) is 31.9 Å². The predicted octanol–water partition coefficient (Wildman–Crippen LogP) is 8.40. The molecule has 5 aliphatic carbocycles. The van der Waals surface area contributed by atoms with Crippen LogP contribution in [-0.4, -0.2) is 57.7 Å². The van der Waals surface area contributed by atoms with Gasteiger partial charge in [0, 0.05) is 42.7 Å². The van der Waals surface area contributed by atoms with E-state index in [1.807, 2.05) is 0 Å². The largest absolute Gasteiger partial charge is 0.448 e. The number of hydrogen-bond acceptors (Lipinski definition) is 7.